The van der Waals surface area contributed by atoms with Crippen molar-refractivity contribution in [1.82, 2.24) is 14.5 Å². The van der Waals surface area contributed by atoms with Gasteiger partial charge in [0.25, 0.3) is 10.0 Å². The maximum atomic E-state index is 12.9. The maximum Gasteiger partial charge on any atom is 0.252 e. The number of hydrogen-bond acceptors (Lipinski definition) is 7. The fraction of sp³-hybridized carbons (Fsp3) is 0.278. The lowest BCUT2D eigenvalue weighted by Crippen LogP contribution is -2.43. The SMILES string of the molecule is O=C(Nc1cccc(-c2nnco2)c1)C1CCCN(S(=O)(=O)c2ccc(Br)s2)C1. The number of carbonyl (C=O) groups excluding carboxylic acids is 1. The number of aromatic nitrogens is 2. The number of nitrogens with one attached hydrogen (secondary N) is 1. The molecule has 0 radical (unpaired) electrons. The Kier molecular flexibility index (Phi) is 5.81. The third-order valence-corrected chi connectivity index (χ3v) is 8.59. The normalized spacial score (nSPS) is 17.9. The van der Waals surface area contributed by atoms with Gasteiger partial charge in [-0.25, -0.2) is 8.42 Å². The van der Waals surface area contributed by atoms with Crippen LogP contribution in [0.25, 0.3) is 11.5 Å². The molecule has 152 valence electrons. The summed E-state index contributed by atoms with van der Waals surface area (Å²) in [5, 5.41) is 10.4. The fourth-order valence-corrected chi connectivity index (χ4v) is 6.90. The molecule has 1 unspecified atom stereocenters. The lowest BCUT2D eigenvalue weighted by atomic mass is 9.98. The monoisotopic (exact) mass is 496 g/mol. The number of anilines is 1. The standard InChI is InChI=1S/C18H17BrN4O4S2/c19-15-6-7-16(28-15)29(25,26)23-8-2-4-13(10-23)17(24)21-14-5-1-3-12(9-14)18-22-20-11-27-18/h1,3,5-7,9,11,13H,2,4,8,10H2,(H,21,24). The van der Waals surface area contributed by atoms with E-state index in [4.69, 9.17) is 4.42 Å². The summed E-state index contributed by atoms with van der Waals surface area (Å²) >= 11 is 4.46. The first-order chi connectivity index (χ1) is 13.9. The van der Waals surface area contributed by atoms with Crippen LogP contribution in [0.15, 0.2) is 55.2 Å². The van der Waals surface area contributed by atoms with Crippen molar-refractivity contribution in [3.8, 4) is 11.5 Å². The predicted octanol–water partition coefficient (Wildman–Crippen LogP) is 3.60. The zero-order valence-electron chi connectivity index (χ0n) is 15.1. The molecule has 4 rings (SSSR count). The van der Waals surface area contributed by atoms with Gasteiger partial charge < -0.3 is 9.73 Å². The minimum Gasteiger partial charge on any atom is -0.423 e. The molecule has 3 aromatic rings. The molecule has 0 spiro atoms. The Morgan fingerprint density at radius 3 is 2.90 bits per heavy atom. The first-order valence-corrected chi connectivity index (χ1v) is 11.9. The maximum absolute atomic E-state index is 12.9. The first-order valence-electron chi connectivity index (χ1n) is 8.86. The molecule has 1 fully saturated rings. The molecule has 1 aromatic carbocycles. The summed E-state index contributed by atoms with van der Waals surface area (Å²) < 4.78 is 33.3. The minimum atomic E-state index is -3.60. The number of rotatable bonds is 5. The van der Waals surface area contributed by atoms with Crippen molar-refractivity contribution in [3.05, 3.63) is 46.6 Å². The molecule has 3 heterocycles. The minimum absolute atomic E-state index is 0.160. The highest BCUT2D eigenvalue weighted by Gasteiger charge is 2.34. The van der Waals surface area contributed by atoms with Gasteiger partial charge in [0.15, 0.2) is 0 Å². The second-order valence-electron chi connectivity index (χ2n) is 6.57. The number of piperidine rings is 1. The van der Waals surface area contributed by atoms with Crippen LogP contribution in [0.5, 0.6) is 0 Å². The van der Waals surface area contributed by atoms with Crippen LogP contribution >= 0.6 is 27.3 Å². The van der Waals surface area contributed by atoms with Gasteiger partial charge in [0, 0.05) is 24.3 Å². The van der Waals surface area contributed by atoms with Gasteiger partial charge in [0.05, 0.1) is 9.70 Å². The van der Waals surface area contributed by atoms with Crippen LogP contribution in [0.3, 0.4) is 0 Å². The lowest BCUT2D eigenvalue weighted by molar-refractivity contribution is -0.120. The molecule has 1 amide bonds. The Morgan fingerprint density at radius 1 is 1.31 bits per heavy atom. The van der Waals surface area contributed by atoms with E-state index in [2.05, 4.69) is 31.4 Å². The van der Waals surface area contributed by atoms with E-state index in [0.29, 0.717) is 36.5 Å². The second-order valence-corrected chi connectivity index (χ2v) is 11.2. The highest BCUT2D eigenvalue weighted by atomic mass is 79.9. The molecule has 8 nitrogen and oxygen atoms in total. The van der Waals surface area contributed by atoms with E-state index in [1.54, 1.807) is 36.4 Å². The molecule has 1 saturated heterocycles. The van der Waals surface area contributed by atoms with Crippen molar-refractivity contribution in [2.24, 2.45) is 5.92 Å². The van der Waals surface area contributed by atoms with E-state index < -0.39 is 15.9 Å². The van der Waals surface area contributed by atoms with Crippen LogP contribution in [0.1, 0.15) is 12.8 Å². The summed E-state index contributed by atoms with van der Waals surface area (Å²) in [6, 6.07) is 10.4. The van der Waals surface area contributed by atoms with Gasteiger partial charge in [-0.3, -0.25) is 4.79 Å². The number of halogens is 1. The van der Waals surface area contributed by atoms with Gasteiger partial charge in [-0.15, -0.1) is 21.5 Å². The summed E-state index contributed by atoms with van der Waals surface area (Å²) in [6.45, 7) is 0.571. The molecule has 2 aromatic heterocycles. The number of carbonyl (C=O) groups is 1. The summed E-state index contributed by atoms with van der Waals surface area (Å²) in [7, 11) is -3.60. The van der Waals surface area contributed by atoms with E-state index in [-0.39, 0.29) is 16.7 Å². The fourth-order valence-electron chi connectivity index (χ4n) is 3.21. The Morgan fingerprint density at radius 2 is 2.17 bits per heavy atom. The average molecular weight is 497 g/mol. The third-order valence-electron chi connectivity index (χ3n) is 4.63. The highest BCUT2D eigenvalue weighted by molar-refractivity contribution is 9.11. The topological polar surface area (TPSA) is 105 Å². The van der Waals surface area contributed by atoms with Crippen LogP contribution in [0.4, 0.5) is 5.69 Å². The van der Waals surface area contributed by atoms with E-state index in [0.717, 1.165) is 3.79 Å². The molecular weight excluding hydrogens is 480 g/mol. The van der Waals surface area contributed by atoms with Crippen molar-refractivity contribution in [1.29, 1.82) is 0 Å². The molecule has 0 aliphatic carbocycles. The molecule has 1 atom stereocenters. The zero-order chi connectivity index (χ0) is 20.4. The number of thiophene rings is 1. The van der Waals surface area contributed by atoms with Gasteiger partial charge in [-0.1, -0.05) is 6.07 Å². The summed E-state index contributed by atoms with van der Waals surface area (Å²) in [5.74, 6) is -0.271. The van der Waals surface area contributed by atoms with Gasteiger partial charge in [0.2, 0.25) is 18.2 Å². The molecule has 11 heteroatoms. The zero-order valence-corrected chi connectivity index (χ0v) is 18.3. The van der Waals surface area contributed by atoms with E-state index >= 15 is 0 Å². The van der Waals surface area contributed by atoms with Gasteiger partial charge in [-0.05, 0) is 59.1 Å². The summed E-state index contributed by atoms with van der Waals surface area (Å²) in [4.78, 5) is 12.8. The molecular formula is C18H17BrN4O4S2. The van der Waals surface area contributed by atoms with E-state index in [1.165, 1.54) is 22.0 Å². The lowest BCUT2D eigenvalue weighted by Gasteiger charge is -2.30. The molecule has 1 aliphatic heterocycles. The Bertz CT molecular complexity index is 1110. The molecule has 0 bridgehead atoms. The van der Waals surface area contributed by atoms with Crippen molar-refractivity contribution in [2.75, 3.05) is 18.4 Å². The molecule has 29 heavy (non-hydrogen) atoms. The Balaban J connectivity index is 1.46. The molecule has 0 saturated carbocycles. The quantitative estimate of drug-likeness (QED) is 0.578. The number of benzene rings is 1. The number of nitrogens with zero attached hydrogens (tertiary/aromatic N) is 3. The number of sulfonamides is 1. The van der Waals surface area contributed by atoms with Gasteiger partial charge in [-0.2, -0.15) is 4.31 Å². The summed E-state index contributed by atoms with van der Waals surface area (Å²) in [6.07, 6.45) is 2.50. The van der Waals surface area contributed by atoms with Gasteiger partial charge >= 0.3 is 0 Å². The van der Waals surface area contributed by atoms with Crippen molar-refractivity contribution in [2.45, 2.75) is 17.1 Å². The van der Waals surface area contributed by atoms with Crippen LogP contribution < -0.4 is 5.32 Å². The van der Waals surface area contributed by atoms with Crippen LogP contribution in [-0.2, 0) is 14.8 Å². The smallest absolute Gasteiger partial charge is 0.252 e. The molecule has 1 N–H and O–H groups in total. The van der Waals surface area contributed by atoms with Crippen molar-refractivity contribution in [3.63, 3.8) is 0 Å². The van der Waals surface area contributed by atoms with Crippen LogP contribution in [0.2, 0.25) is 0 Å². The van der Waals surface area contributed by atoms with E-state index in [1.807, 2.05) is 0 Å². The average Bonchev–Trinajstić information content (AvgIpc) is 3.40. The van der Waals surface area contributed by atoms with Crippen LogP contribution in [0, 0.1) is 5.92 Å². The molecule has 1 aliphatic rings. The first kappa shape index (κ1) is 20.2. The Labute approximate surface area is 180 Å². The predicted molar refractivity (Wildman–Crippen MR) is 112 cm³/mol. The Hall–Kier alpha value is -2.08. The summed E-state index contributed by atoms with van der Waals surface area (Å²) in [5.41, 5.74) is 1.28. The largest absolute Gasteiger partial charge is 0.423 e. The van der Waals surface area contributed by atoms with Crippen molar-refractivity contribution >= 4 is 48.9 Å². The number of amides is 1. The van der Waals surface area contributed by atoms with Crippen LogP contribution in [-0.4, -0.2) is 41.9 Å². The second kappa shape index (κ2) is 8.34. The van der Waals surface area contributed by atoms with Crippen molar-refractivity contribution < 1.29 is 17.6 Å². The number of hydrogen-bond donors (Lipinski definition) is 1. The van der Waals surface area contributed by atoms with Gasteiger partial charge in [0.1, 0.15) is 4.21 Å². The highest BCUT2D eigenvalue weighted by Crippen LogP contribution is 2.31. The van der Waals surface area contributed by atoms with E-state index in [9.17, 15) is 13.2 Å². The third kappa shape index (κ3) is 4.42.